The second kappa shape index (κ2) is 5.09. The molecular weight excluding hydrogens is 282 g/mol. The van der Waals surface area contributed by atoms with Crippen molar-refractivity contribution in [1.82, 2.24) is 4.57 Å². The third-order valence-corrected chi connectivity index (χ3v) is 5.41. The molecule has 0 saturated heterocycles. The molecule has 2 nitrogen and oxygen atoms in total. The van der Waals surface area contributed by atoms with Gasteiger partial charge in [-0.2, -0.15) is 0 Å². The standard InChI is InChI=1S/C21H21NO/c1-15-19(17-13-21(2,14-17)20(15)23)10-7-16-5-8-18(9-6-16)22-11-3-4-12-22/h3-12,17H,13-14H2,1-2H3. The van der Waals surface area contributed by atoms with E-state index in [1.54, 1.807) is 0 Å². The molecule has 5 rings (SSSR count). The largest absolute Gasteiger partial charge is 0.324 e. The molecule has 1 fully saturated rings. The summed E-state index contributed by atoms with van der Waals surface area (Å²) in [5, 5.41) is 0. The molecule has 116 valence electrons. The van der Waals surface area contributed by atoms with Crippen LogP contribution in [-0.4, -0.2) is 10.4 Å². The second-order valence-electron chi connectivity index (χ2n) is 7.09. The Bertz CT molecular complexity index is 800. The van der Waals surface area contributed by atoms with Crippen molar-refractivity contribution in [3.8, 4) is 5.69 Å². The summed E-state index contributed by atoms with van der Waals surface area (Å²) in [5.41, 5.74) is 4.47. The summed E-state index contributed by atoms with van der Waals surface area (Å²) < 4.78 is 2.09. The van der Waals surface area contributed by atoms with Crippen molar-refractivity contribution in [2.45, 2.75) is 26.7 Å². The Labute approximate surface area is 137 Å². The molecule has 1 aromatic heterocycles. The molecular formula is C21H21NO. The van der Waals surface area contributed by atoms with Crippen molar-refractivity contribution >= 4 is 11.9 Å². The number of Topliss-reactive ketones (excluding diaryl/α,β-unsaturated/α-hetero) is 1. The van der Waals surface area contributed by atoms with Gasteiger partial charge in [0.15, 0.2) is 5.78 Å². The fraction of sp³-hybridized carbons (Fsp3) is 0.286. The van der Waals surface area contributed by atoms with E-state index in [1.165, 1.54) is 11.1 Å². The Morgan fingerprint density at radius 1 is 1.09 bits per heavy atom. The first kappa shape index (κ1) is 14.3. The van der Waals surface area contributed by atoms with Gasteiger partial charge in [-0.1, -0.05) is 31.2 Å². The van der Waals surface area contributed by atoms with Gasteiger partial charge in [-0.25, -0.2) is 0 Å². The van der Waals surface area contributed by atoms with Gasteiger partial charge in [0.25, 0.3) is 0 Å². The van der Waals surface area contributed by atoms with E-state index >= 15 is 0 Å². The normalized spacial score (nSPS) is 26.7. The smallest absolute Gasteiger partial charge is 0.164 e. The lowest BCUT2D eigenvalue weighted by Crippen LogP contribution is -2.47. The topological polar surface area (TPSA) is 22.0 Å². The summed E-state index contributed by atoms with van der Waals surface area (Å²) in [5.74, 6) is 0.927. The van der Waals surface area contributed by atoms with Gasteiger partial charge in [-0.3, -0.25) is 4.79 Å². The van der Waals surface area contributed by atoms with Crippen LogP contribution < -0.4 is 0 Å². The van der Waals surface area contributed by atoms with Crippen molar-refractivity contribution in [3.63, 3.8) is 0 Å². The Kier molecular flexibility index (Phi) is 3.15. The summed E-state index contributed by atoms with van der Waals surface area (Å²) in [6.07, 6.45) is 10.4. The molecule has 0 amide bonds. The summed E-state index contributed by atoms with van der Waals surface area (Å²) in [6.45, 7) is 4.09. The van der Waals surface area contributed by atoms with Crippen LogP contribution >= 0.6 is 0 Å². The van der Waals surface area contributed by atoms with E-state index < -0.39 is 0 Å². The third-order valence-electron chi connectivity index (χ3n) is 5.41. The molecule has 2 heteroatoms. The average molecular weight is 303 g/mol. The summed E-state index contributed by atoms with van der Waals surface area (Å²) >= 11 is 0. The summed E-state index contributed by atoms with van der Waals surface area (Å²) in [4.78, 5) is 12.4. The van der Waals surface area contributed by atoms with Crippen LogP contribution in [0.3, 0.4) is 0 Å². The zero-order valence-corrected chi connectivity index (χ0v) is 13.6. The number of carbonyl (C=O) groups is 1. The van der Waals surface area contributed by atoms with E-state index in [0.29, 0.717) is 11.7 Å². The SMILES string of the molecule is CC1=C(C=Cc2ccc(-n3cccc3)cc2)C2CC(C)(C2)C1=O. The quantitative estimate of drug-likeness (QED) is 0.798. The molecule has 2 bridgehead atoms. The maximum absolute atomic E-state index is 12.4. The zero-order chi connectivity index (χ0) is 16.0. The number of hydrogen-bond donors (Lipinski definition) is 0. The van der Waals surface area contributed by atoms with E-state index in [4.69, 9.17) is 0 Å². The van der Waals surface area contributed by atoms with Crippen LogP contribution in [0, 0.1) is 11.3 Å². The predicted octanol–water partition coefficient (Wildman–Crippen LogP) is 4.81. The number of rotatable bonds is 3. The maximum atomic E-state index is 12.4. The van der Waals surface area contributed by atoms with Gasteiger partial charge in [0.2, 0.25) is 0 Å². The molecule has 3 aliphatic carbocycles. The molecule has 3 aliphatic rings. The summed E-state index contributed by atoms with van der Waals surface area (Å²) in [7, 11) is 0. The van der Waals surface area contributed by atoms with E-state index in [1.807, 2.05) is 31.5 Å². The van der Waals surface area contributed by atoms with Gasteiger partial charge >= 0.3 is 0 Å². The number of hydrogen-bond acceptors (Lipinski definition) is 1. The number of allylic oxidation sites excluding steroid dienone is 3. The fourth-order valence-electron chi connectivity index (χ4n) is 4.03. The zero-order valence-electron chi connectivity index (χ0n) is 13.6. The summed E-state index contributed by atoms with van der Waals surface area (Å²) in [6, 6.07) is 12.5. The first-order valence-electron chi connectivity index (χ1n) is 8.24. The monoisotopic (exact) mass is 303 g/mol. The minimum atomic E-state index is -0.0650. The molecule has 0 radical (unpaired) electrons. The van der Waals surface area contributed by atoms with Crippen LogP contribution in [-0.2, 0) is 4.79 Å². The fourth-order valence-corrected chi connectivity index (χ4v) is 4.03. The molecule has 2 aromatic rings. The van der Waals surface area contributed by atoms with Crippen molar-refractivity contribution in [1.29, 1.82) is 0 Å². The molecule has 1 saturated carbocycles. The van der Waals surface area contributed by atoms with Gasteiger partial charge in [0.05, 0.1) is 0 Å². The van der Waals surface area contributed by atoms with E-state index in [9.17, 15) is 4.79 Å². The molecule has 0 aliphatic heterocycles. The highest BCUT2D eigenvalue weighted by atomic mass is 16.1. The number of nitrogens with zero attached hydrogens (tertiary/aromatic N) is 1. The Morgan fingerprint density at radius 3 is 2.39 bits per heavy atom. The van der Waals surface area contributed by atoms with Crippen LogP contribution in [0.25, 0.3) is 11.8 Å². The first-order chi connectivity index (χ1) is 11.1. The number of benzene rings is 1. The van der Waals surface area contributed by atoms with Gasteiger partial charge in [0.1, 0.15) is 0 Å². The van der Waals surface area contributed by atoms with Gasteiger partial charge in [0, 0.05) is 23.5 Å². The lowest BCUT2D eigenvalue weighted by molar-refractivity contribution is -0.132. The first-order valence-corrected chi connectivity index (χ1v) is 8.24. The van der Waals surface area contributed by atoms with Crippen molar-refractivity contribution in [3.05, 3.63) is 71.6 Å². The Morgan fingerprint density at radius 2 is 1.74 bits per heavy atom. The van der Waals surface area contributed by atoms with Crippen molar-refractivity contribution in [2.75, 3.05) is 0 Å². The van der Waals surface area contributed by atoms with E-state index in [-0.39, 0.29) is 5.41 Å². The van der Waals surface area contributed by atoms with E-state index in [0.717, 1.165) is 24.1 Å². The highest BCUT2D eigenvalue weighted by Gasteiger charge is 2.51. The molecule has 0 spiro atoms. The predicted molar refractivity (Wildman–Crippen MR) is 93.3 cm³/mol. The van der Waals surface area contributed by atoms with Crippen LogP contribution in [0.1, 0.15) is 32.3 Å². The van der Waals surface area contributed by atoms with Gasteiger partial charge < -0.3 is 4.57 Å². The Balaban J connectivity index is 1.56. The number of ketones is 1. The van der Waals surface area contributed by atoms with Crippen molar-refractivity contribution < 1.29 is 4.79 Å². The highest BCUT2D eigenvalue weighted by molar-refractivity contribution is 6.03. The second-order valence-corrected chi connectivity index (χ2v) is 7.09. The highest BCUT2D eigenvalue weighted by Crippen LogP contribution is 2.55. The van der Waals surface area contributed by atoms with E-state index in [2.05, 4.69) is 47.9 Å². The molecule has 0 N–H and O–H groups in total. The average Bonchev–Trinajstić information content (AvgIpc) is 3.05. The number of aromatic nitrogens is 1. The molecule has 23 heavy (non-hydrogen) atoms. The lowest BCUT2D eigenvalue weighted by atomic mass is 9.53. The molecule has 0 atom stereocenters. The maximum Gasteiger partial charge on any atom is 0.164 e. The molecule has 1 aromatic carbocycles. The number of fused-ring (bicyclic) bond motifs is 1. The lowest BCUT2D eigenvalue weighted by Gasteiger charge is -2.49. The molecule has 1 heterocycles. The van der Waals surface area contributed by atoms with Crippen LogP contribution in [0.2, 0.25) is 0 Å². The minimum absolute atomic E-state index is 0.0650. The third kappa shape index (κ3) is 2.29. The van der Waals surface area contributed by atoms with Gasteiger partial charge in [-0.15, -0.1) is 0 Å². The minimum Gasteiger partial charge on any atom is -0.324 e. The van der Waals surface area contributed by atoms with Crippen LogP contribution in [0.5, 0.6) is 0 Å². The molecule has 0 unspecified atom stereocenters. The number of carbonyl (C=O) groups excluding carboxylic acids is 1. The van der Waals surface area contributed by atoms with Crippen LogP contribution in [0.15, 0.2) is 66.0 Å². The van der Waals surface area contributed by atoms with Crippen molar-refractivity contribution in [2.24, 2.45) is 11.3 Å². The Hall–Kier alpha value is -2.35. The van der Waals surface area contributed by atoms with Gasteiger partial charge in [-0.05, 0) is 66.7 Å². The van der Waals surface area contributed by atoms with Crippen LogP contribution in [0.4, 0.5) is 0 Å².